The molecule has 0 N–H and O–H groups in total. The molecule has 0 fully saturated rings. The molecule has 3 rings (SSSR count). The van der Waals surface area contributed by atoms with Gasteiger partial charge in [-0.15, -0.1) is 0 Å². The number of nitrogens with zero attached hydrogens (tertiary/aromatic N) is 1. The molecule has 0 bridgehead atoms. The predicted octanol–water partition coefficient (Wildman–Crippen LogP) is 2.53. The molecule has 4 nitrogen and oxygen atoms in total. The minimum Gasteiger partial charge on any atom is -0.497 e. The third-order valence-electron chi connectivity index (χ3n) is 3.38. The van der Waals surface area contributed by atoms with Crippen LogP contribution in [-0.2, 0) is 11.2 Å². The van der Waals surface area contributed by atoms with Gasteiger partial charge in [-0.2, -0.15) is 11.3 Å². The van der Waals surface area contributed by atoms with Gasteiger partial charge in [-0.05, 0) is 40.9 Å². The van der Waals surface area contributed by atoms with E-state index >= 15 is 0 Å². The van der Waals surface area contributed by atoms with Crippen molar-refractivity contribution in [2.24, 2.45) is 0 Å². The van der Waals surface area contributed by atoms with Gasteiger partial charge in [0.2, 0.25) is 0 Å². The van der Waals surface area contributed by atoms with E-state index in [4.69, 9.17) is 4.74 Å². The Morgan fingerprint density at radius 3 is 2.80 bits per heavy atom. The Bertz CT molecular complexity index is 664. The van der Waals surface area contributed by atoms with Crippen molar-refractivity contribution in [3.05, 3.63) is 46.2 Å². The van der Waals surface area contributed by atoms with Crippen LogP contribution in [0.3, 0.4) is 0 Å². The first-order chi connectivity index (χ1) is 9.70. The number of hydrogen-bond acceptors (Lipinski definition) is 4. The van der Waals surface area contributed by atoms with Gasteiger partial charge in [0.25, 0.3) is 11.7 Å². The molecule has 2 heterocycles. The van der Waals surface area contributed by atoms with Crippen molar-refractivity contribution in [2.45, 2.75) is 6.42 Å². The van der Waals surface area contributed by atoms with Gasteiger partial charge < -0.3 is 9.64 Å². The highest BCUT2D eigenvalue weighted by Crippen LogP contribution is 2.32. The van der Waals surface area contributed by atoms with E-state index < -0.39 is 11.7 Å². The Kier molecular flexibility index (Phi) is 3.28. The fraction of sp³-hybridized carbons (Fsp3) is 0.200. The SMILES string of the molecule is COc1ccc2c(c1)N(CCc1ccsc1)C(=O)C2=O. The molecule has 0 aliphatic carbocycles. The van der Waals surface area contributed by atoms with Gasteiger partial charge in [-0.25, -0.2) is 0 Å². The van der Waals surface area contributed by atoms with Crippen LogP contribution in [0.5, 0.6) is 5.75 Å². The molecule has 1 aliphatic heterocycles. The summed E-state index contributed by atoms with van der Waals surface area (Å²) in [6.07, 6.45) is 0.735. The monoisotopic (exact) mass is 287 g/mol. The van der Waals surface area contributed by atoms with Gasteiger partial charge in [0, 0.05) is 12.6 Å². The lowest BCUT2D eigenvalue weighted by atomic mass is 10.1. The van der Waals surface area contributed by atoms with Crippen LogP contribution in [0.1, 0.15) is 15.9 Å². The number of thiophene rings is 1. The molecule has 20 heavy (non-hydrogen) atoms. The van der Waals surface area contributed by atoms with Crippen LogP contribution >= 0.6 is 11.3 Å². The summed E-state index contributed by atoms with van der Waals surface area (Å²) in [4.78, 5) is 25.5. The van der Waals surface area contributed by atoms with Crippen molar-refractivity contribution in [1.82, 2.24) is 0 Å². The van der Waals surface area contributed by atoms with Gasteiger partial charge in [-0.1, -0.05) is 0 Å². The third-order valence-corrected chi connectivity index (χ3v) is 4.12. The van der Waals surface area contributed by atoms with E-state index in [0.29, 0.717) is 23.5 Å². The van der Waals surface area contributed by atoms with Crippen LogP contribution in [0.25, 0.3) is 0 Å². The number of hydrogen-bond donors (Lipinski definition) is 0. The van der Waals surface area contributed by atoms with Crippen molar-refractivity contribution in [3.8, 4) is 5.75 Å². The zero-order valence-corrected chi connectivity index (χ0v) is 11.8. The number of rotatable bonds is 4. The topological polar surface area (TPSA) is 46.6 Å². The normalized spacial score (nSPS) is 13.8. The minimum absolute atomic E-state index is 0.437. The molecule has 0 spiro atoms. The van der Waals surface area contributed by atoms with Crippen molar-refractivity contribution in [2.75, 3.05) is 18.6 Å². The van der Waals surface area contributed by atoms with E-state index in [1.54, 1.807) is 36.6 Å². The second-order valence-electron chi connectivity index (χ2n) is 4.55. The molecule has 1 aromatic heterocycles. The lowest BCUT2D eigenvalue weighted by Crippen LogP contribution is -2.31. The van der Waals surface area contributed by atoms with Gasteiger partial charge in [0.1, 0.15) is 5.75 Å². The number of benzene rings is 1. The molecule has 0 atom stereocenters. The molecular weight excluding hydrogens is 274 g/mol. The minimum atomic E-state index is -0.455. The highest BCUT2D eigenvalue weighted by atomic mass is 32.1. The maximum Gasteiger partial charge on any atom is 0.299 e. The first-order valence-electron chi connectivity index (χ1n) is 6.26. The van der Waals surface area contributed by atoms with Crippen LogP contribution in [0, 0.1) is 0 Å². The average molecular weight is 287 g/mol. The maximum atomic E-state index is 12.1. The number of ether oxygens (including phenoxy) is 1. The highest BCUT2D eigenvalue weighted by Gasteiger charge is 2.35. The Hall–Kier alpha value is -2.14. The van der Waals surface area contributed by atoms with Crippen molar-refractivity contribution in [1.29, 1.82) is 0 Å². The quantitative estimate of drug-likeness (QED) is 0.812. The van der Waals surface area contributed by atoms with Gasteiger partial charge in [0.05, 0.1) is 18.4 Å². The molecule has 0 unspecified atom stereocenters. The molecule has 2 aromatic rings. The molecule has 102 valence electrons. The number of ketones is 1. The van der Waals surface area contributed by atoms with E-state index in [1.807, 2.05) is 11.4 Å². The number of amides is 1. The Morgan fingerprint density at radius 1 is 1.25 bits per heavy atom. The average Bonchev–Trinajstić information content (AvgIpc) is 3.06. The second-order valence-corrected chi connectivity index (χ2v) is 5.33. The summed E-state index contributed by atoms with van der Waals surface area (Å²) in [7, 11) is 1.57. The Labute approximate surface area is 120 Å². The van der Waals surface area contributed by atoms with E-state index in [1.165, 1.54) is 10.5 Å². The van der Waals surface area contributed by atoms with Crippen molar-refractivity contribution >= 4 is 28.7 Å². The number of carbonyl (C=O) groups excluding carboxylic acids is 2. The lowest BCUT2D eigenvalue weighted by Gasteiger charge is -2.16. The van der Waals surface area contributed by atoms with Crippen LogP contribution in [-0.4, -0.2) is 25.3 Å². The summed E-state index contributed by atoms with van der Waals surface area (Å²) in [6, 6.07) is 7.12. The summed E-state index contributed by atoms with van der Waals surface area (Å²) in [5.41, 5.74) is 2.28. The summed E-state index contributed by atoms with van der Waals surface area (Å²) in [5.74, 6) is -0.247. The zero-order chi connectivity index (χ0) is 14.1. The fourth-order valence-electron chi connectivity index (χ4n) is 2.30. The first kappa shape index (κ1) is 12.9. The number of fused-ring (bicyclic) bond motifs is 1. The van der Waals surface area contributed by atoms with Crippen LogP contribution < -0.4 is 9.64 Å². The van der Waals surface area contributed by atoms with Gasteiger partial charge in [0.15, 0.2) is 0 Å². The largest absolute Gasteiger partial charge is 0.497 e. The lowest BCUT2D eigenvalue weighted by molar-refractivity contribution is -0.114. The maximum absolute atomic E-state index is 12.1. The predicted molar refractivity (Wildman–Crippen MR) is 77.7 cm³/mol. The van der Waals surface area contributed by atoms with Crippen LogP contribution in [0.2, 0.25) is 0 Å². The smallest absolute Gasteiger partial charge is 0.299 e. The molecule has 0 saturated heterocycles. The Morgan fingerprint density at radius 2 is 2.10 bits per heavy atom. The van der Waals surface area contributed by atoms with Gasteiger partial charge >= 0.3 is 0 Å². The van der Waals surface area contributed by atoms with E-state index in [-0.39, 0.29) is 0 Å². The molecule has 0 saturated carbocycles. The molecular formula is C15H13NO3S. The summed E-state index contributed by atoms with van der Waals surface area (Å²) in [5, 5.41) is 4.05. The summed E-state index contributed by atoms with van der Waals surface area (Å²) < 4.78 is 5.16. The molecule has 1 amide bonds. The van der Waals surface area contributed by atoms with Gasteiger partial charge in [-0.3, -0.25) is 9.59 Å². The Balaban J connectivity index is 1.88. The summed E-state index contributed by atoms with van der Waals surface area (Å²) in [6.45, 7) is 0.501. The molecule has 0 radical (unpaired) electrons. The van der Waals surface area contributed by atoms with Crippen molar-refractivity contribution in [3.63, 3.8) is 0 Å². The van der Waals surface area contributed by atoms with E-state index in [2.05, 4.69) is 5.38 Å². The van der Waals surface area contributed by atoms with Crippen LogP contribution in [0.15, 0.2) is 35.0 Å². The number of carbonyl (C=O) groups is 2. The zero-order valence-electron chi connectivity index (χ0n) is 11.0. The number of methoxy groups -OCH3 is 1. The summed E-state index contributed by atoms with van der Waals surface area (Å²) >= 11 is 1.62. The standard InChI is InChI=1S/C15H13NO3S/c1-19-11-2-3-12-13(8-11)16(15(18)14(12)17)6-4-10-5-7-20-9-10/h2-3,5,7-9H,4,6H2,1H3. The fourth-order valence-corrected chi connectivity index (χ4v) is 3.00. The number of Topliss-reactive ketones (excluding diaryl/α,β-unsaturated/α-hetero) is 1. The highest BCUT2D eigenvalue weighted by molar-refractivity contribution is 7.07. The molecule has 1 aromatic carbocycles. The molecule has 5 heteroatoms. The third kappa shape index (κ3) is 2.10. The number of anilines is 1. The van der Waals surface area contributed by atoms with E-state index in [0.717, 1.165) is 6.42 Å². The van der Waals surface area contributed by atoms with Crippen LogP contribution in [0.4, 0.5) is 5.69 Å². The van der Waals surface area contributed by atoms with Crippen molar-refractivity contribution < 1.29 is 14.3 Å². The first-order valence-corrected chi connectivity index (χ1v) is 7.20. The van der Waals surface area contributed by atoms with E-state index in [9.17, 15) is 9.59 Å². The molecule has 1 aliphatic rings. The second kappa shape index (κ2) is 5.09.